The molecule has 63 heavy (non-hydrogen) atoms. The van der Waals surface area contributed by atoms with Crippen molar-refractivity contribution < 1.29 is 28.7 Å². The Hall–Kier alpha value is -6.07. The van der Waals surface area contributed by atoms with Crippen LogP contribution in [0.2, 0.25) is 10.3 Å². The van der Waals surface area contributed by atoms with Crippen molar-refractivity contribution in [1.29, 1.82) is 0 Å². The van der Waals surface area contributed by atoms with E-state index < -0.39 is 29.5 Å². The highest BCUT2D eigenvalue weighted by atomic mass is 35.5. The highest BCUT2D eigenvalue weighted by Gasteiger charge is 2.36. The average Bonchev–Trinajstić information content (AvgIpc) is 4.03. The summed E-state index contributed by atoms with van der Waals surface area (Å²) in [5.74, 6) is -0.0544. The second-order valence-corrected chi connectivity index (χ2v) is 16.0. The van der Waals surface area contributed by atoms with Gasteiger partial charge in [0.1, 0.15) is 29.6 Å². The van der Waals surface area contributed by atoms with E-state index in [1.165, 1.54) is 15.4 Å². The summed E-state index contributed by atoms with van der Waals surface area (Å²) in [5, 5.41) is 0.390. The molecular weight excluding hydrogens is 859 g/mol. The SMILES string of the molecule is Cc1c(-c2ccccc2)ccnc1Cl.O=C(Cc1c(-c2ccccc2)ccnc1Cl)C1CCCN1C(=O)OCc1ccccc1.O=C(Cl)[C@@H]1CCCN1C(=O)OCc1ccccc1. The number of nitrogens with zero attached hydrogens (tertiary/aromatic N) is 4. The molecule has 0 spiro atoms. The van der Waals surface area contributed by atoms with Crippen LogP contribution < -0.4 is 0 Å². The maximum absolute atomic E-state index is 13.2. The number of ether oxygens (including phenoxy) is 2. The van der Waals surface area contributed by atoms with Crippen molar-refractivity contribution in [3.8, 4) is 22.3 Å². The van der Waals surface area contributed by atoms with Crippen LogP contribution in [0.15, 0.2) is 146 Å². The molecule has 2 fully saturated rings. The highest BCUT2D eigenvalue weighted by Crippen LogP contribution is 2.31. The van der Waals surface area contributed by atoms with Gasteiger partial charge < -0.3 is 9.47 Å². The number of carbonyl (C=O) groups is 4. The van der Waals surface area contributed by atoms with Gasteiger partial charge >= 0.3 is 12.2 Å². The zero-order chi connectivity index (χ0) is 44.6. The second kappa shape index (κ2) is 23.4. The van der Waals surface area contributed by atoms with Gasteiger partial charge in [0.25, 0.3) is 0 Å². The van der Waals surface area contributed by atoms with Crippen LogP contribution in [0.1, 0.15) is 47.9 Å². The van der Waals surface area contributed by atoms with Gasteiger partial charge in [0.15, 0.2) is 5.78 Å². The number of ketones is 1. The van der Waals surface area contributed by atoms with Gasteiger partial charge in [-0.15, -0.1) is 0 Å². The number of rotatable bonds is 10. The Bertz CT molecular complexity index is 2450. The van der Waals surface area contributed by atoms with Crippen molar-refractivity contribution in [1.82, 2.24) is 19.8 Å². The van der Waals surface area contributed by atoms with E-state index in [0.29, 0.717) is 41.8 Å². The van der Waals surface area contributed by atoms with Gasteiger partial charge in [-0.2, -0.15) is 0 Å². The molecular formula is C50H47Cl3N4O6. The zero-order valence-electron chi connectivity index (χ0n) is 34.7. The van der Waals surface area contributed by atoms with E-state index in [4.69, 9.17) is 44.3 Å². The molecule has 0 bridgehead atoms. The predicted octanol–water partition coefficient (Wildman–Crippen LogP) is 11.6. The van der Waals surface area contributed by atoms with E-state index in [-0.39, 0.29) is 25.4 Å². The van der Waals surface area contributed by atoms with Crippen LogP contribution in [0.3, 0.4) is 0 Å². The fraction of sp³-hybridized carbons (Fsp3) is 0.240. The van der Waals surface area contributed by atoms with Gasteiger partial charge in [-0.1, -0.05) is 145 Å². The van der Waals surface area contributed by atoms with E-state index in [1.54, 1.807) is 12.4 Å². The van der Waals surface area contributed by atoms with Crippen molar-refractivity contribution in [3.63, 3.8) is 0 Å². The van der Waals surface area contributed by atoms with Crippen molar-refractivity contribution in [2.45, 2.75) is 64.3 Å². The minimum atomic E-state index is -0.532. The third-order valence-electron chi connectivity index (χ3n) is 10.7. The first-order chi connectivity index (χ1) is 30.6. The fourth-order valence-corrected chi connectivity index (χ4v) is 8.01. The summed E-state index contributed by atoms with van der Waals surface area (Å²) in [6.45, 7) is 3.41. The van der Waals surface area contributed by atoms with Crippen molar-refractivity contribution in [2.24, 2.45) is 0 Å². The minimum absolute atomic E-state index is 0.0544. The van der Waals surface area contributed by atoms with Gasteiger partial charge in [0.2, 0.25) is 5.24 Å². The average molecular weight is 906 g/mol. The Morgan fingerprint density at radius 2 is 1.02 bits per heavy atom. The van der Waals surface area contributed by atoms with E-state index in [0.717, 1.165) is 46.2 Å². The first kappa shape index (κ1) is 46.4. The molecule has 0 aliphatic carbocycles. The van der Waals surface area contributed by atoms with E-state index in [9.17, 15) is 19.2 Å². The van der Waals surface area contributed by atoms with Gasteiger partial charge in [-0.25, -0.2) is 19.6 Å². The third kappa shape index (κ3) is 13.0. The topological polar surface area (TPSA) is 119 Å². The van der Waals surface area contributed by atoms with Gasteiger partial charge in [-0.05, 0) is 95.3 Å². The van der Waals surface area contributed by atoms with Crippen LogP contribution in [-0.4, -0.2) is 68.2 Å². The Kier molecular flexibility index (Phi) is 17.2. The van der Waals surface area contributed by atoms with Crippen LogP contribution in [0.25, 0.3) is 22.3 Å². The molecule has 4 heterocycles. The number of halogens is 3. The summed E-state index contributed by atoms with van der Waals surface area (Å²) in [6, 6.07) is 41.7. The lowest BCUT2D eigenvalue weighted by Gasteiger charge is -2.23. The number of likely N-dealkylation sites (tertiary alicyclic amines) is 2. The van der Waals surface area contributed by atoms with E-state index in [2.05, 4.69) is 22.1 Å². The summed E-state index contributed by atoms with van der Waals surface area (Å²) in [4.78, 5) is 60.0. The number of amides is 2. The summed E-state index contributed by atoms with van der Waals surface area (Å²) < 4.78 is 10.6. The number of carbonyl (C=O) groups excluding carboxylic acids is 4. The van der Waals surface area contributed by atoms with Crippen LogP contribution in [0.5, 0.6) is 0 Å². The molecule has 324 valence electrons. The van der Waals surface area contributed by atoms with Gasteiger partial charge in [0.05, 0.1) is 6.04 Å². The summed E-state index contributed by atoms with van der Waals surface area (Å²) >= 11 is 17.8. The Balaban J connectivity index is 0.000000174. The smallest absolute Gasteiger partial charge is 0.410 e. The lowest BCUT2D eigenvalue weighted by molar-refractivity contribution is -0.122. The molecule has 2 atom stereocenters. The Morgan fingerprint density at radius 1 is 0.587 bits per heavy atom. The van der Waals surface area contributed by atoms with Crippen molar-refractivity contribution in [3.05, 3.63) is 178 Å². The molecule has 8 rings (SSSR count). The number of Topliss-reactive ketones (excluding diaryl/α,β-unsaturated/α-hetero) is 1. The molecule has 1 unspecified atom stereocenters. The predicted molar refractivity (Wildman–Crippen MR) is 246 cm³/mol. The molecule has 6 aromatic rings. The first-order valence-corrected chi connectivity index (χ1v) is 21.8. The molecule has 2 aliphatic heterocycles. The van der Waals surface area contributed by atoms with E-state index in [1.807, 2.05) is 128 Å². The normalized spacial score (nSPS) is 15.3. The molecule has 2 amide bonds. The van der Waals surface area contributed by atoms with Crippen LogP contribution in [0.4, 0.5) is 9.59 Å². The largest absolute Gasteiger partial charge is 0.445 e. The van der Waals surface area contributed by atoms with Crippen LogP contribution >= 0.6 is 34.8 Å². The molecule has 13 heteroatoms. The van der Waals surface area contributed by atoms with Crippen LogP contribution in [-0.2, 0) is 38.7 Å². The molecule has 2 saturated heterocycles. The molecule has 2 aliphatic rings. The van der Waals surface area contributed by atoms with Crippen LogP contribution in [0, 0.1) is 6.92 Å². The molecule has 4 aromatic carbocycles. The number of hydrogen-bond acceptors (Lipinski definition) is 8. The third-order valence-corrected chi connectivity index (χ3v) is 11.6. The summed E-state index contributed by atoms with van der Waals surface area (Å²) in [7, 11) is 0. The molecule has 0 N–H and O–H groups in total. The molecule has 0 radical (unpaired) electrons. The number of aromatic nitrogens is 2. The molecule has 0 saturated carbocycles. The van der Waals surface area contributed by atoms with Gasteiger partial charge in [0, 0.05) is 37.5 Å². The second-order valence-electron chi connectivity index (χ2n) is 14.9. The highest BCUT2D eigenvalue weighted by molar-refractivity contribution is 6.64. The Morgan fingerprint density at radius 3 is 1.52 bits per heavy atom. The molecule has 2 aromatic heterocycles. The summed E-state index contributed by atoms with van der Waals surface area (Å²) in [6.07, 6.45) is 5.34. The van der Waals surface area contributed by atoms with Gasteiger partial charge in [-0.3, -0.25) is 19.4 Å². The Labute approximate surface area is 382 Å². The fourth-order valence-electron chi connectivity index (χ4n) is 7.40. The van der Waals surface area contributed by atoms with E-state index >= 15 is 0 Å². The minimum Gasteiger partial charge on any atom is -0.445 e. The summed E-state index contributed by atoms with van der Waals surface area (Å²) in [5.41, 5.74) is 7.71. The monoisotopic (exact) mass is 904 g/mol. The quantitative estimate of drug-likeness (QED) is 0.0985. The maximum Gasteiger partial charge on any atom is 0.410 e. The molecule has 10 nitrogen and oxygen atoms in total. The first-order valence-electron chi connectivity index (χ1n) is 20.6. The lowest BCUT2D eigenvalue weighted by Crippen LogP contribution is -2.41. The number of pyridine rings is 2. The number of benzene rings is 4. The van der Waals surface area contributed by atoms with Crippen molar-refractivity contribution >= 4 is 58.0 Å². The lowest BCUT2D eigenvalue weighted by atomic mass is 9.95. The standard InChI is InChI=1S/C25H23ClN2O3.C13H14ClNO3.C12H10ClN/c26-24-21(20(13-14-27-24)19-10-5-2-6-11-19)16-23(29)22-12-7-15-28(22)25(30)31-17-18-8-3-1-4-9-18;14-12(16)11-7-4-8-15(11)13(17)18-9-10-5-2-1-3-6-10;1-9-11(7-8-14-12(9)13)10-5-3-2-4-6-10/h1-6,8-11,13-14,22H,7,12,15-17H2;1-3,5-6,11H,4,7-9H2;2-8H,1H3/t;11-;/m.0./s1. The maximum atomic E-state index is 13.2. The number of hydrogen-bond donors (Lipinski definition) is 0. The zero-order valence-corrected chi connectivity index (χ0v) is 37.0. The van der Waals surface area contributed by atoms with Crippen molar-refractivity contribution in [2.75, 3.05) is 13.1 Å².